The molecule has 132 valence electrons. The Balaban J connectivity index is 2.57. The third-order valence-corrected chi connectivity index (χ3v) is 3.31. The van der Waals surface area contributed by atoms with E-state index in [1.807, 2.05) is 18.2 Å². The SMILES string of the molecule is C=CC[C@@H](CC(=O)OC(C)(C)C)C(=O)NCC(O)c1ccccc1. The summed E-state index contributed by atoms with van der Waals surface area (Å²) in [6.07, 6.45) is 1.16. The lowest BCUT2D eigenvalue weighted by Gasteiger charge is -2.22. The van der Waals surface area contributed by atoms with Crippen molar-refractivity contribution in [3.63, 3.8) is 0 Å². The first-order valence-electron chi connectivity index (χ1n) is 8.06. The largest absolute Gasteiger partial charge is 0.460 e. The first-order chi connectivity index (χ1) is 11.2. The fourth-order valence-corrected chi connectivity index (χ4v) is 2.20. The Labute approximate surface area is 143 Å². The second kappa shape index (κ2) is 9.23. The van der Waals surface area contributed by atoms with Crippen LogP contribution in [0.4, 0.5) is 0 Å². The van der Waals surface area contributed by atoms with Crippen LogP contribution in [0.1, 0.15) is 45.3 Å². The Morgan fingerprint density at radius 2 is 1.92 bits per heavy atom. The number of ether oxygens (including phenoxy) is 1. The van der Waals surface area contributed by atoms with Gasteiger partial charge in [0, 0.05) is 6.54 Å². The summed E-state index contributed by atoms with van der Waals surface area (Å²) in [7, 11) is 0. The van der Waals surface area contributed by atoms with Crippen LogP contribution in [-0.4, -0.2) is 29.1 Å². The molecule has 24 heavy (non-hydrogen) atoms. The summed E-state index contributed by atoms with van der Waals surface area (Å²) >= 11 is 0. The highest BCUT2D eigenvalue weighted by atomic mass is 16.6. The summed E-state index contributed by atoms with van der Waals surface area (Å²) in [5, 5.41) is 12.8. The van der Waals surface area contributed by atoms with E-state index in [2.05, 4.69) is 11.9 Å². The molecule has 2 N–H and O–H groups in total. The normalized spacial score (nSPS) is 13.7. The lowest BCUT2D eigenvalue weighted by molar-refractivity contribution is -0.157. The molecule has 0 bridgehead atoms. The Bertz CT molecular complexity index is 548. The number of carbonyl (C=O) groups is 2. The fourth-order valence-electron chi connectivity index (χ4n) is 2.20. The van der Waals surface area contributed by atoms with Crippen molar-refractivity contribution in [2.75, 3.05) is 6.54 Å². The van der Waals surface area contributed by atoms with Crippen molar-refractivity contribution >= 4 is 11.9 Å². The maximum atomic E-state index is 12.3. The van der Waals surface area contributed by atoms with Crippen molar-refractivity contribution < 1.29 is 19.4 Å². The molecule has 0 heterocycles. The first-order valence-corrected chi connectivity index (χ1v) is 8.06. The highest BCUT2D eigenvalue weighted by Crippen LogP contribution is 2.16. The Hall–Kier alpha value is -2.14. The van der Waals surface area contributed by atoms with Crippen molar-refractivity contribution in [1.82, 2.24) is 5.32 Å². The smallest absolute Gasteiger partial charge is 0.307 e. The molecular formula is C19H27NO4. The van der Waals surface area contributed by atoms with Gasteiger partial charge >= 0.3 is 5.97 Å². The van der Waals surface area contributed by atoms with Crippen LogP contribution >= 0.6 is 0 Å². The van der Waals surface area contributed by atoms with E-state index < -0.39 is 23.6 Å². The Morgan fingerprint density at radius 1 is 1.29 bits per heavy atom. The van der Waals surface area contributed by atoms with E-state index in [0.29, 0.717) is 6.42 Å². The van der Waals surface area contributed by atoms with E-state index in [-0.39, 0.29) is 18.9 Å². The number of rotatable bonds is 8. The molecular weight excluding hydrogens is 306 g/mol. The molecule has 0 aliphatic carbocycles. The monoisotopic (exact) mass is 333 g/mol. The third kappa shape index (κ3) is 7.42. The van der Waals surface area contributed by atoms with Crippen LogP contribution in [0, 0.1) is 5.92 Å². The van der Waals surface area contributed by atoms with Gasteiger partial charge in [0.25, 0.3) is 0 Å². The van der Waals surface area contributed by atoms with E-state index in [1.54, 1.807) is 39.0 Å². The van der Waals surface area contributed by atoms with Crippen molar-refractivity contribution in [3.05, 3.63) is 48.6 Å². The molecule has 5 nitrogen and oxygen atoms in total. The summed E-state index contributed by atoms with van der Waals surface area (Å²) in [5.74, 6) is -1.27. The number of hydrogen-bond donors (Lipinski definition) is 2. The van der Waals surface area contributed by atoms with Gasteiger partial charge in [0.05, 0.1) is 18.4 Å². The molecule has 1 aromatic carbocycles. The molecule has 5 heteroatoms. The zero-order valence-electron chi connectivity index (χ0n) is 14.6. The van der Waals surface area contributed by atoms with Gasteiger partial charge in [0.1, 0.15) is 5.60 Å². The maximum Gasteiger partial charge on any atom is 0.307 e. The van der Waals surface area contributed by atoms with Gasteiger partial charge in [-0.15, -0.1) is 6.58 Å². The topological polar surface area (TPSA) is 75.6 Å². The molecule has 1 aromatic rings. The van der Waals surface area contributed by atoms with E-state index in [4.69, 9.17) is 4.74 Å². The minimum absolute atomic E-state index is 0.0173. The summed E-state index contributed by atoms with van der Waals surface area (Å²) in [6.45, 7) is 9.06. The van der Waals surface area contributed by atoms with E-state index >= 15 is 0 Å². The van der Waals surface area contributed by atoms with Gasteiger partial charge in [-0.3, -0.25) is 9.59 Å². The quantitative estimate of drug-likeness (QED) is 0.566. The van der Waals surface area contributed by atoms with E-state index in [1.165, 1.54) is 0 Å². The molecule has 2 atom stereocenters. The van der Waals surface area contributed by atoms with Crippen LogP contribution in [-0.2, 0) is 14.3 Å². The molecule has 0 aliphatic rings. The molecule has 0 saturated carbocycles. The second-order valence-corrected chi connectivity index (χ2v) is 6.68. The number of aliphatic hydroxyl groups is 1. The maximum absolute atomic E-state index is 12.3. The summed E-state index contributed by atoms with van der Waals surface area (Å²) in [6, 6.07) is 9.08. The van der Waals surface area contributed by atoms with Crippen LogP contribution < -0.4 is 5.32 Å². The van der Waals surface area contributed by atoms with Gasteiger partial charge in [-0.1, -0.05) is 36.4 Å². The average molecular weight is 333 g/mol. The van der Waals surface area contributed by atoms with Gasteiger partial charge in [-0.2, -0.15) is 0 Å². The van der Waals surface area contributed by atoms with Gasteiger partial charge in [0.2, 0.25) is 5.91 Å². The zero-order valence-corrected chi connectivity index (χ0v) is 14.6. The molecule has 1 unspecified atom stereocenters. The zero-order chi connectivity index (χ0) is 18.2. The predicted octanol–water partition coefficient (Wildman–Crippen LogP) is 2.76. The van der Waals surface area contributed by atoms with Crippen LogP contribution in [0.5, 0.6) is 0 Å². The highest BCUT2D eigenvalue weighted by molar-refractivity contribution is 5.84. The lowest BCUT2D eigenvalue weighted by atomic mass is 10.00. The first kappa shape index (κ1) is 19.9. The number of allylic oxidation sites excluding steroid dienone is 1. The number of benzene rings is 1. The number of esters is 1. The minimum atomic E-state index is -0.791. The lowest BCUT2D eigenvalue weighted by Crippen LogP contribution is -2.36. The molecule has 0 aliphatic heterocycles. The number of amides is 1. The van der Waals surface area contributed by atoms with Crippen LogP contribution in [0.3, 0.4) is 0 Å². The van der Waals surface area contributed by atoms with E-state index in [9.17, 15) is 14.7 Å². The predicted molar refractivity (Wildman–Crippen MR) is 93.2 cm³/mol. The third-order valence-electron chi connectivity index (χ3n) is 3.31. The van der Waals surface area contributed by atoms with Crippen molar-refractivity contribution in [2.24, 2.45) is 5.92 Å². The molecule has 0 saturated heterocycles. The number of nitrogens with one attached hydrogen (secondary N) is 1. The number of aliphatic hydroxyl groups excluding tert-OH is 1. The molecule has 0 radical (unpaired) electrons. The van der Waals surface area contributed by atoms with Crippen molar-refractivity contribution in [3.8, 4) is 0 Å². The molecule has 0 aromatic heterocycles. The van der Waals surface area contributed by atoms with Gasteiger partial charge < -0.3 is 15.2 Å². The molecule has 0 spiro atoms. The minimum Gasteiger partial charge on any atom is -0.460 e. The fraction of sp³-hybridized carbons (Fsp3) is 0.474. The van der Waals surface area contributed by atoms with Crippen LogP contribution in [0.2, 0.25) is 0 Å². The number of hydrogen-bond acceptors (Lipinski definition) is 4. The van der Waals surface area contributed by atoms with Crippen molar-refractivity contribution in [1.29, 1.82) is 0 Å². The van der Waals surface area contributed by atoms with Gasteiger partial charge in [0.15, 0.2) is 0 Å². The average Bonchev–Trinajstić information content (AvgIpc) is 2.51. The van der Waals surface area contributed by atoms with Gasteiger partial charge in [-0.05, 0) is 32.8 Å². The summed E-state index contributed by atoms with van der Waals surface area (Å²) in [5.41, 5.74) is 0.140. The molecule has 0 fully saturated rings. The van der Waals surface area contributed by atoms with E-state index in [0.717, 1.165) is 5.56 Å². The highest BCUT2D eigenvalue weighted by Gasteiger charge is 2.25. The van der Waals surface area contributed by atoms with Crippen molar-refractivity contribution in [2.45, 2.75) is 45.3 Å². The standard InChI is InChI=1S/C19H27NO4/c1-5-9-15(12-17(22)24-19(2,3)4)18(23)20-13-16(21)14-10-7-6-8-11-14/h5-8,10-11,15-16,21H,1,9,12-13H2,2-4H3,(H,20,23)/t15-,16?/m0/s1. The van der Waals surface area contributed by atoms with Crippen LogP contribution in [0.15, 0.2) is 43.0 Å². The summed E-state index contributed by atoms with van der Waals surface area (Å²) < 4.78 is 5.26. The van der Waals surface area contributed by atoms with Crippen LogP contribution in [0.25, 0.3) is 0 Å². The van der Waals surface area contributed by atoms with Gasteiger partial charge in [-0.25, -0.2) is 0 Å². The molecule has 1 rings (SSSR count). The summed E-state index contributed by atoms with van der Waals surface area (Å²) in [4.78, 5) is 24.2. The molecule has 1 amide bonds. The number of carbonyl (C=O) groups excluding carboxylic acids is 2. The second-order valence-electron chi connectivity index (χ2n) is 6.68. The Kier molecular flexibility index (Phi) is 7.65. The Morgan fingerprint density at radius 3 is 2.46 bits per heavy atom.